The number of likely N-dealkylation sites (tertiary alicyclic amines) is 1. The molecule has 0 bridgehead atoms. The van der Waals surface area contributed by atoms with Gasteiger partial charge in [-0.2, -0.15) is 0 Å². The normalized spacial score (nSPS) is 29.1. The predicted molar refractivity (Wildman–Crippen MR) is 64.7 cm³/mol. The Balaban J connectivity index is 0.000000617. The van der Waals surface area contributed by atoms with Crippen molar-refractivity contribution >= 4 is 0 Å². The molecule has 1 heterocycles. The Morgan fingerprint density at radius 3 is 2.21 bits per heavy atom. The molecule has 1 saturated carbocycles. The molecule has 1 saturated heterocycles. The van der Waals surface area contributed by atoms with Crippen molar-refractivity contribution in [1.82, 2.24) is 10.2 Å². The first-order valence-electron chi connectivity index (χ1n) is 6.09. The summed E-state index contributed by atoms with van der Waals surface area (Å²) in [6.45, 7) is 11.2. The number of nitrogens with zero attached hydrogens (tertiary/aromatic N) is 1. The van der Waals surface area contributed by atoms with E-state index in [1.165, 1.54) is 25.9 Å². The minimum absolute atomic E-state index is 0. The van der Waals surface area contributed by atoms with Crippen molar-refractivity contribution in [3.05, 3.63) is 0 Å². The van der Waals surface area contributed by atoms with Crippen molar-refractivity contribution in [2.45, 2.75) is 52.6 Å². The molecule has 0 aromatic carbocycles. The fourth-order valence-electron chi connectivity index (χ4n) is 2.47. The lowest BCUT2D eigenvalue weighted by molar-refractivity contribution is 0.261. The van der Waals surface area contributed by atoms with Crippen LogP contribution in [0.1, 0.15) is 42.0 Å². The number of nitrogens with one attached hydrogen (secondary N) is 1. The molecule has 2 aliphatic rings. The third-order valence-electron chi connectivity index (χ3n) is 3.65. The Bertz CT molecular complexity index is 178. The van der Waals surface area contributed by atoms with Crippen LogP contribution in [0, 0.1) is 5.41 Å². The van der Waals surface area contributed by atoms with E-state index in [1.807, 2.05) is 13.8 Å². The Hall–Kier alpha value is -0.0800. The molecule has 86 valence electrons. The maximum Gasteiger partial charge on any atom is 0.0260 e. The molecule has 1 atom stereocenters. The highest BCUT2D eigenvalue weighted by molar-refractivity contribution is 5.09. The molecule has 1 aliphatic heterocycles. The fourth-order valence-corrected chi connectivity index (χ4v) is 2.47. The van der Waals surface area contributed by atoms with Gasteiger partial charge in [-0.25, -0.2) is 0 Å². The average molecular weight is 200 g/mol. The summed E-state index contributed by atoms with van der Waals surface area (Å²) < 4.78 is 0. The Morgan fingerprint density at radius 1 is 1.36 bits per heavy atom. The van der Waals surface area contributed by atoms with Crippen LogP contribution in [-0.4, -0.2) is 37.1 Å². The molecule has 1 aliphatic carbocycles. The van der Waals surface area contributed by atoms with Gasteiger partial charge < -0.3 is 5.32 Å². The van der Waals surface area contributed by atoms with Gasteiger partial charge in [0.15, 0.2) is 0 Å². The number of likely N-dealkylation sites (N-methyl/N-ethyl adjacent to an activating group) is 1. The summed E-state index contributed by atoms with van der Waals surface area (Å²) in [5, 5.41) is 3.46. The maximum atomic E-state index is 3.46. The molecule has 1 N–H and O–H groups in total. The molecule has 2 nitrogen and oxygen atoms in total. The number of hydrogen-bond donors (Lipinski definition) is 1. The van der Waals surface area contributed by atoms with Gasteiger partial charge in [0.05, 0.1) is 0 Å². The molecule has 0 amide bonds. The molecule has 2 heteroatoms. The first-order valence-corrected chi connectivity index (χ1v) is 6.09. The van der Waals surface area contributed by atoms with E-state index in [-0.39, 0.29) is 1.43 Å². The van der Waals surface area contributed by atoms with Crippen molar-refractivity contribution < 1.29 is 1.43 Å². The van der Waals surface area contributed by atoms with Crippen LogP contribution in [0.5, 0.6) is 0 Å². The molecule has 1 unspecified atom stereocenters. The van der Waals surface area contributed by atoms with E-state index in [0.717, 1.165) is 12.1 Å². The number of rotatable bonds is 2. The topological polar surface area (TPSA) is 15.3 Å². The largest absolute Gasteiger partial charge is 0.315 e. The second kappa shape index (κ2) is 4.63. The molecular weight excluding hydrogens is 172 g/mol. The summed E-state index contributed by atoms with van der Waals surface area (Å²) in [6, 6.07) is 1.49. The Morgan fingerprint density at radius 2 is 1.93 bits per heavy atom. The van der Waals surface area contributed by atoms with Crippen molar-refractivity contribution in [3.8, 4) is 0 Å². The molecule has 2 fully saturated rings. The lowest BCUT2D eigenvalue weighted by Crippen LogP contribution is -2.35. The van der Waals surface area contributed by atoms with E-state index in [2.05, 4.69) is 31.1 Å². The van der Waals surface area contributed by atoms with Gasteiger partial charge in [0.2, 0.25) is 0 Å². The molecular formula is C12H28N2. The minimum atomic E-state index is 0. The standard InChI is InChI=1S/C10H20N2.C2H6.H2/c1-8(2)12-6-9(11-3)10(7-12)4-5-10;1-2;/h8-9,11H,4-7H2,1-3H3;1-2H3;1H. The van der Waals surface area contributed by atoms with Gasteiger partial charge >= 0.3 is 0 Å². The zero-order chi connectivity index (χ0) is 10.8. The number of hydrogen-bond acceptors (Lipinski definition) is 2. The van der Waals surface area contributed by atoms with Crippen molar-refractivity contribution in [2.75, 3.05) is 20.1 Å². The zero-order valence-corrected chi connectivity index (χ0v) is 10.4. The van der Waals surface area contributed by atoms with Gasteiger partial charge in [0.1, 0.15) is 0 Å². The first-order chi connectivity index (χ1) is 6.68. The fraction of sp³-hybridized carbons (Fsp3) is 1.00. The average Bonchev–Trinajstić information content (AvgIpc) is 2.83. The van der Waals surface area contributed by atoms with Gasteiger partial charge in [0.25, 0.3) is 0 Å². The first kappa shape index (κ1) is 12.0. The highest BCUT2D eigenvalue weighted by Crippen LogP contribution is 2.52. The SMILES string of the molecule is CC.CNC1CN(C(C)C)CC12CC2.[HH]. The maximum absolute atomic E-state index is 3.46. The van der Waals surface area contributed by atoms with Crippen molar-refractivity contribution in [3.63, 3.8) is 0 Å². The second-order valence-electron chi connectivity index (χ2n) is 4.73. The molecule has 0 radical (unpaired) electrons. The van der Waals surface area contributed by atoms with E-state index < -0.39 is 0 Å². The summed E-state index contributed by atoms with van der Waals surface area (Å²) >= 11 is 0. The van der Waals surface area contributed by atoms with E-state index in [4.69, 9.17) is 0 Å². The molecule has 1 spiro atoms. The summed E-state index contributed by atoms with van der Waals surface area (Å²) in [5.41, 5.74) is 0.680. The zero-order valence-electron chi connectivity index (χ0n) is 10.4. The van der Waals surface area contributed by atoms with E-state index in [1.54, 1.807) is 0 Å². The Labute approximate surface area is 90.5 Å². The van der Waals surface area contributed by atoms with Crippen LogP contribution in [0.2, 0.25) is 0 Å². The van der Waals surface area contributed by atoms with Crippen LogP contribution in [0.15, 0.2) is 0 Å². The lowest BCUT2D eigenvalue weighted by atomic mass is 10.0. The van der Waals surface area contributed by atoms with Crippen molar-refractivity contribution in [1.29, 1.82) is 0 Å². The Kier molecular flexibility index (Phi) is 3.96. The highest BCUT2D eigenvalue weighted by atomic mass is 15.2. The third-order valence-corrected chi connectivity index (χ3v) is 3.65. The molecule has 0 aromatic rings. The third kappa shape index (κ3) is 2.12. The smallest absolute Gasteiger partial charge is 0.0260 e. The second-order valence-corrected chi connectivity index (χ2v) is 4.73. The van der Waals surface area contributed by atoms with Crippen LogP contribution >= 0.6 is 0 Å². The van der Waals surface area contributed by atoms with Crippen LogP contribution in [0.25, 0.3) is 0 Å². The predicted octanol–water partition coefficient (Wildman–Crippen LogP) is 2.35. The van der Waals surface area contributed by atoms with E-state index >= 15 is 0 Å². The highest BCUT2D eigenvalue weighted by Gasteiger charge is 2.54. The van der Waals surface area contributed by atoms with Crippen LogP contribution in [0.4, 0.5) is 0 Å². The van der Waals surface area contributed by atoms with Gasteiger partial charge in [0, 0.05) is 26.6 Å². The van der Waals surface area contributed by atoms with Gasteiger partial charge in [-0.05, 0) is 39.2 Å². The summed E-state index contributed by atoms with van der Waals surface area (Å²) in [7, 11) is 2.11. The van der Waals surface area contributed by atoms with Crippen LogP contribution < -0.4 is 5.32 Å². The van der Waals surface area contributed by atoms with E-state index in [0.29, 0.717) is 5.41 Å². The van der Waals surface area contributed by atoms with Crippen LogP contribution in [-0.2, 0) is 0 Å². The quantitative estimate of drug-likeness (QED) is 0.736. The van der Waals surface area contributed by atoms with Gasteiger partial charge in [-0.3, -0.25) is 4.90 Å². The van der Waals surface area contributed by atoms with Gasteiger partial charge in [-0.1, -0.05) is 13.8 Å². The lowest BCUT2D eigenvalue weighted by Gasteiger charge is -2.19. The summed E-state index contributed by atoms with van der Waals surface area (Å²) in [6.07, 6.45) is 2.89. The molecule has 0 aromatic heterocycles. The van der Waals surface area contributed by atoms with E-state index in [9.17, 15) is 0 Å². The minimum Gasteiger partial charge on any atom is -0.315 e. The molecule has 2 rings (SSSR count). The summed E-state index contributed by atoms with van der Waals surface area (Å²) in [5.74, 6) is 0. The summed E-state index contributed by atoms with van der Waals surface area (Å²) in [4.78, 5) is 2.61. The van der Waals surface area contributed by atoms with Crippen molar-refractivity contribution in [2.24, 2.45) is 5.41 Å². The monoisotopic (exact) mass is 200 g/mol. The molecule has 14 heavy (non-hydrogen) atoms. The van der Waals surface area contributed by atoms with Crippen LogP contribution in [0.3, 0.4) is 0 Å². The van der Waals surface area contributed by atoms with Gasteiger partial charge in [-0.15, -0.1) is 0 Å².